The smallest absolute Gasteiger partial charge is 0.254 e. The molecule has 24 heavy (non-hydrogen) atoms. The molecule has 1 aliphatic rings. The summed E-state index contributed by atoms with van der Waals surface area (Å²) >= 11 is 1.52. The average molecular weight is 344 g/mol. The SMILES string of the molecule is CCNC(=O)c1c(NC(=O)/C=C/c2ccco2)sc2c1CCCC2. The third-order valence-electron chi connectivity index (χ3n) is 3.91. The highest BCUT2D eigenvalue weighted by Crippen LogP contribution is 2.38. The first kappa shape index (κ1) is 16.5. The molecule has 2 heterocycles. The summed E-state index contributed by atoms with van der Waals surface area (Å²) in [6, 6.07) is 3.53. The van der Waals surface area contributed by atoms with Crippen molar-refractivity contribution in [2.24, 2.45) is 0 Å². The number of aryl methyl sites for hydroxylation is 1. The highest BCUT2D eigenvalue weighted by molar-refractivity contribution is 7.17. The van der Waals surface area contributed by atoms with E-state index in [0.29, 0.717) is 22.9 Å². The third kappa shape index (κ3) is 3.59. The molecule has 2 amide bonds. The Morgan fingerprint density at radius 2 is 2.17 bits per heavy atom. The quantitative estimate of drug-likeness (QED) is 0.814. The standard InChI is InChI=1S/C18H20N2O3S/c1-2-19-17(22)16-13-7-3-4-8-14(13)24-18(16)20-15(21)10-9-12-6-5-11-23-12/h5-6,9-11H,2-4,7-8H2,1H3,(H,19,22)(H,20,21)/b10-9+. The summed E-state index contributed by atoms with van der Waals surface area (Å²) in [5.41, 5.74) is 1.74. The molecule has 1 aliphatic carbocycles. The van der Waals surface area contributed by atoms with Gasteiger partial charge in [-0.2, -0.15) is 0 Å². The Morgan fingerprint density at radius 1 is 1.33 bits per heavy atom. The minimum absolute atomic E-state index is 0.109. The van der Waals surface area contributed by atoms with Gasteiger partial charge in [0.2, 0.25) is 5.91 Å². The van der Waals surface area contributed by atoms with Crippen molar-refractivity contribution in [2.75, 3.05) is 11.9 Å². The molecule has 0 bridgehead atoms. The zero-order chi connectivity index (χ0) is 16.9. The zero-order valence-electron chi connectivity index (χ0n) is 13.6. The van der Waals surface area contributed by atoms with Gasteiger partial charge < -0.3 is 15.1 Å². The summed E-state index contributed by atoms with van der Waals surface area (Å²) in [6.07, 6.45) is 8.67. The minimum atomic E-state index is -0.268. The molecule has 2 aromatic rings. The number of hydrogen-bond donors (Lipinski definition) is 2. The van der Waals surface area contributed by atoms with E-state index in [1.165, 1.54) is 22.3 Å². The lowest BCUT2D eigenvalue weighted by molar-refractivity contribution is -0.111. The van der Waals surface area contributed by atoms with Crippen LogP contribution < -0.4 is 10.6 Å². The number of carbonyl (C=O) groups is 2. The Hall–Kier alpha value is -2.34. The van der Waals surface area contributed by atoms with E-state index in [9.17, 15) is 9.59 Å². The molecular formula is C18H20N2O3S. The lowest BCUT2D eigenvalue weighted by atomic mass is 9.95. The van der Waals surface area contributed by atoms with E-state index in [0.717, 1.165) is 31.2 Å². The van der Waals surface area contributed by atoms with Crippen molar-refractivity contribution in [3.8, 4) is 0 Å². The summed E-state index contributed by atoms with van der Waals surface area (Å²) in [7, 11) is 0. The summed E-state index contributed by atoms with van der Waals surface area (Å²) in [4.78, 5) is 25.8. The molecule has 0 spiro atoms. The van der Waals surface area contributed by atoms with Gasteiger partial charge in [0.15, 0.2) is 0 Å². The van der Waals surface area contributed by atoms with Crippen molar-refractivity contribution >= 4 is 34.2 Å². The van der Waals surface area contributed by atoms with Gasteiger partial charge in [-0.3, -0.25) is 9.59 Å². The largest absolute Gasteiger partial charge is 0.465 e. The predicted molar refractivity (Wildman–Crippen MR) is 95.3 cm³/mol. The van der Waals surface area contributed by atoms with E-state index in [2.05, 4.69) is 10.6 Å². The lowest BCUT2D eigenvalue weighted by Gasteiger charge is -2.12. The van der Waals surface area contributed by atoms with Crippen LogP contribution in [-0.2, 0) is 17.6 Å². The van der Waals surface area contributed by atoms with Crippen LogP contribution in [0.15, 0.2) is 28.9 Å². The van der Waals surface area contributed by atoms with Crippen molar-refractivity contribution in [1.29, 1.82) is 0 Å². The van der Waals surface area contributed by atoms with Gasteiger partial charge in [-0.1, -0.05) is 0 Å². The number of fused-ring (bicyclic) bond motifs is 1. The third-order valence-corrected chi connectivity index (χ3v) is 5.12. The van der Waals surface area contributed by atoms with E-state index >= 15 is 0 Å². The molecule has 0 saturated carbocycles. The number of thiophene rings is 1. The summed E-state index contributed by atoms with van der Waals surface area (Å²) in [5, 5.41) is 6.35. The number of anilines is 1. The number of rotatable bonds is 5. The molecule has 0 aromatic carbocycles. The monoisotopic (exact) mass is 344 g/mol. The number of carbonyl (C=O) groups excluding carboxylic acids is 2. The fourth-order valence-corrected chi connectivity index (χ4v) is 4.13. The number of furan rings is 1. The maximum absolute atomic E-state index is 12.4. The fraction of sp³-hybridized carbons (Fsp3) is 0.333. The van der Waals surface area contributed by atoms with Crippen LogP contribution in [0.3, 0.4) is 0 Å². The van der Waals surface area contributed by atoms with E-state index in [1.807, 2.05) is 6.92 Å². The van der Waals surface area contributed by atoms with Crippen LogP contribution in [0.25, 0.3) is 6.08 Å². The Balaban J connectivity index is 1.82. The second-order valence-electron chi connectivity index (χ2n) is 5.61. The van der Waals surface area contributed by atoms with E-state index in [1.54, 1.807) is 24.5 Å². The Labute approximate surface area is 144 Å². The van der Waals surface area contributed by atoms with E-state index in [4.69, 9.17) is 4.42 Å². The molecule has 0 saturated heterocycles. The van der Waals surface area contributed by atoms with Crippen LogP contribution >= 0.6 is 11.3 Å². The average Bonchev–Trinajstić information content (AvgIpc) is 3.20. The van der Waals surface area contributed by atoms with Crippen LogP contribution in [0, 0.1) is 0 Å². The first-order valence-electron chi connectivity index (χ1n) is 8.14. The molecule has 2 N–H and O–H groups in total. The van der Waals surface area contributed by atoms with Gasteiger partial charge in [0.05, 0.1) is 11.8 Å². The van der Waals surface area contributed by atoms with Crippen LogP contribution in [0.2, 0.25) is 0 Å². The Morgan fingerprint density at radius 3 is 2.92 bits per heavy atom. The van der Waals surface area contributed by atoms with Crippen LogP contribution in [0.4, 0.5) is 5.00 Å². The molecule has 6 heteroatoms. The number of nitrogens with one attached hydrogen (secondary N) is 2. The molecule has 0 aliphatic heterocycles. The zero-order valence-corrected chi connectivity index (χ0v) is 14.4. The van der Waals surface area contributed by atoms with Crippen molar-refractivity contribution in [2.45, 2.75) is 32.6 Å². The molecule has 126 valence electrons. The van der Waals surface area contributed by atoms with Crippen LogP contribution in [0.1, 0.15) is 46.3 Å². The van der Waals surface area contributed by atoms with E-state index in [-0.39, 0.29) is 11.8 Å². The molecule has 0 radical (unpaired) electrons. The second kappa shape index (κ2) is 7.49. The maximum atomic E-state index is 12.4. The molecule has 5 nitrogen and oxygen atoms in total. The highest BCUT2D eigenvalue weighted by Gasteiger charge is 2.25. The number of amides is 2. The number of hydrogen-bond acceptors (Lipinski definition) is 4. The molecule has 0 fully saturated rings. The van der Waals surface area contributed by atoms with Gasteiger partial charge in [-0.05, 0) is 56.4 Å². The molecule has 0 unspecified atom stereocenters. The maximum Gasteiger partial charge on any atom is 0.254 e. The van der Waals surface area contributed by atoms with Crippen molar-refractivity contribution < 1.29 is 14.0 Å². The Kier molecular flexibility index (Phi) is 5.15. The van der Waals surface area contributed by atoms with Gasteiger partial charge in [-0.15, -0.1) is 11.3 Å². The highest BCUT2D eigenvalue weighted by atomic mass is 32.1. The first-order valence-corrected chi connectivity index (χ1v) is 8.96. The molecular weight excluding hydrogens is 324 g/mol. The van der Waals surface area contributed by atoms with Crippen molar-refractivity contribution in [3.63, 3.8) is 0 Å². The van der Waals surface area contributed by atoms with Crippen molar-refractivity contribution in [3.05, 3.63) is 46.2 Å². The van der Waals surface area contributed by atoms with Gasteiger partial charge in [-0.25, -0.2) is 0 Å². The van der Waals surface area contributed by atoms with Gasteiger partial charge in [0.1, 0.15) is 10.8 Å². The second-order valence-corrected chi connectivity index (χ2v) is 6.72. The molecule has 0 atom stereocenters. The van der Waals surface area contributed by atoms with Crippen LogP contribution in [0.5, 0.6) is 0 Å². The molecule has 2 aromatic heterocycles. The summed E-state index contributed by atoms with van der Waals surface area (Å²) in [5.74, 6) is 0.234. The van der Waals surface area contributed by atoms with Gasteiger partial charge in [0, 0.05) is 17.5 Å². The fourth-order valence-electron chi connectivity index (χ4n) is 2.84. The normalized spacial score (nSPS) is 13.7. The van der Waals surface area contributed by atoms with E-state index < -0.39 is 0 Å². The first-order chi connectivity index (χ1) is 11.7. The summed E-state index contributed by atoms with van der Waals surface area (Å²) in [6.45, 7) is 2.45. The van der Waals surface area contributed by atoms with Gasteiger partial charge in [0.25, 0.3) is 5.91 Å². The van der Waals surface area contributed by atoms with Crippen molar-refractivity contribution in [1.82, 2.24) is 5.32 Å². The minimum Gasteiger partial charge on any atom is -0.465 e. The summed E-state index contributed by atoms with van der Waals surface area (Å²) < 4.78 is 5.17. The predicted octanol–water partition coefficient (Wildman–Crippen LogP) is 3.62. The van der Waals surface area contributed by atoms with Crippen LogP contribution in [-0.4, -0.2) is 18.4 Å². The molecule has 3 rings (SSSR count). The topological polar surface area (TPSA) is 71.3 Å². The lowest BCUT2D eigenvalue weighted by Crippen LogP contribution is -2.25. The van der Waals surface area contributed by atoms with Gasteiger partial charge >= 0.3 is 0 Å². The Bertz CT molecular complexity index is 760.